The molecule has 0 saturated carbocycles. The number of fused-ring (bicyclic) bond motifs is 2. The van der Waals surface area contributed by atoms with Gasteiger partial charge in [-0.05, 0) is 48.9 Å². The molecule has 0 radical (unpaired) electrons. The number of amides is 2. The number of carbonyl (C=O) groups is 2. The highest BCUT2D eigenvalue weighted by Gasteiger charge is 2.33. The number of nitrogens with zero attached hydrogens (tertiary/aromatic N) is 2. The molecule has 27 heavy (non-hydrogen) atoms. The number of carbonyl (C=O) groups excluding carboxylic acids is 2. The Morgan fingerprint density at radius 1 is 1.04 bits per heavy atom. The number of rotatable bonds is 2. The van der Waals surface area contributed by atoms with E-state index in [0.717, 1.165) is 37.1 Å². The molecule has 0 aromatic heterocycles. The van der Waals surface area contributed by atoms with E-state index in [2.05, 4.69) is 37.3 Å². The summed E-state index contributed by atoms with van der Waals surface area (Å²) < 4.78 is 0. The molecule has 0 N–H and O–H groups in total. The van der Waals surface area contributed by atoms with Crippen LogP contribution in [0.3, 0.4) is 0 Å². The quantitative estimate of drug-likeness (QED) is 0.815. The van der Waals surface area contributed by atoms with Gasteiger partial charge in [0, 0.05) is 25.7 Å². The van der Waals surface area contributed by atoms with Crippen molar-refractivity contribution in [3.05, 3.63) is 64.7 Å². The van der Waals surface area contributed by atoms with Crippen molar-refractivity contribution in [3.8, 4) is 0 Å². The van der Waals surface area contributed by atoms with Crippen LogP contribution in [0.5, 0.6) is 0 Å². The van der Waals surface area contributed by atoms with E-state index >= 15 is 0 Å². The molecule has 2 aliphatic rings. The average molecular weight is 362 g/mol. The van der Waals surface area contributed by atoms with Crippen molar-refractivity contribution >= 4 is 17.5 Å². The van der Waals surface area contributed by atoms with Crippen molar-refractivity contribution in [1.82, 2.24) is 4.90 Å². The maximum absolute atomic E-state index is 13.3. The van der Waals surface area contributed by atoms with Gasteiger partial charge in [0.2, 0.25) is 11.8 Å². The molecule has 4 nitrogen and oxygen atoms in total. The predicted molar refractivity (Wildman–Crippen MR) is 107 cm³/mol. The van der Waals surface area contributed by atoms with E-state index in [4.69, 9.17) is 0 Å². The van der Waals surface area contributed by atoms with Gasteiger partial charge in [-0.15, -0.1) is 0 Å². The van der Waals surface area contributed by atoms with Gasteiger partial charge in [0.25, 0.3) is 0 Å². The van der Waals surface area contributed by atoms with E-state index in [-0.39, 0.29) is 17.9 Å². The summed E-state index contributed by atoms with van der Waals surface area (Å²) in [4.78, 5) is 29.3. The molecular weight excluding hydrogens is 336 g/mol. The minimum Gasteiger partial charge on any atom is -0.335 e. The zero-order valence-corrected chi connectivity index (χ0v) is 16.1. The van der Waals surface area contributed by atoms with Gasteiger partial charge in [0.1, 0.15) is 0 Å². The molecule has 2 amide bonds. The van der Waals surface area contributed by atoms with Gasteiger partial charge < -0.3 is 9.80 Å². The molecular formula is C23H26N2O2. The summed E-state index contributed by atoms with van der Waals surface area (Å²) in [7, 11) is 0. The maximum atomic E-state index is 13.3. The number of aryl methyl sites for hydroxylation is 2. The van der Waals surface area contributed by atoms with Crippen molar-refractivity contribution < 1.29 is 9.59 Å². The van der Waals surface area contributed by atoms with Crippen LogP contribution in [-0.2, 0) is 22.4 Å². The first-order chi connectivity index (χ1) is 13.0. The van der Waals surface area contributed by atoms with Gasteiger partial charge in [-0.25, -0.2) is 0 Å². The molecule has 140 valence electrons. The Labute approximate surface area is 160 Å². The van der Waals surface area contributed by atoms with E-state index in [1.54, 1.807) is 6.92 Å². The number of benzene rings is 2. The summed E-state index contributed by atoms with van der Waals surface area (Å²) in [5, 5.41) is 0. The van der Waals surface area contributed by atoms with Gasteiger partial charge in [-0.3, -0.25) is 9.59 Å². The lowest BCUT2D eigenvalue weighted by molar-refractivity contribution is -0.133. The zero-order valence-electron chi connectivity index (χ0n) is 16.1. The van der Waals surface area contributed by atoms with E-state index in [1.807, 2.05) is 21.9 Å². The largest absolute Gasteiger partial charge is 0.335 e. The van der Waals surface area contributed by atoms with E-state index in [9.17, 15) is 9.59 Å². The van der Waals surface area contributed by atoms with Gasteiger partial charge >= 0.3 is 0 Å². The lowest BCUT2D eigenvalue weighted by atomic mass is 9.90. The molecule has 0 aliphatic carbocycles. The van der Waals surface area contributed by atoms with Crippen molar-refractivity contribution in [1.29, 1.82) is 0 Å². The Hall–Kier alpha value is -2.62. The number of hydrogen-bond donors (Lipinski definition) is 0. The molecule has 4 rings (SSSR count). The summed E-state index contributed by atoms with van der Waals surface area (Å²) in [6, 6.07) is 14.4. The second-order valence-electron chi connectivity index (χ2n) is 7.66. The lowest BCUT2D eigenvalue weighted by Gasteiger charge is -2.38. The fourth-order valence-corrected chi connectivity index (χ4v) is 4.51. The highest BCUT2D eigenvalue weighted by Crippen LogP contribution is 2.35. The van der Waals surface area contributed by atoms with Crippen LogP contribution < -0.4 is 4.90 Å². The molecule has 0 bridgehead atoms. The van der Waals surface area contributed by atoms with Crippen molar-refractivity contribution in [3.63, 3.8) is 0 Å². The van der Waals surface area contributed by atoms with Gasteiger partial charge in [0.05, 0.1) is 12.5 Å². The first-order valence-electron chi connectivity index (χ1n) is 9.79. The Morgan fingerprint density at radius 2 is 1.85 bits per heavy atom. The smallest absolute Gasteiger partial charge is 0.229 e. The van der Waals surface area contributed by atoms with E-state index in [0.29, 0.717) is 13.0 Å². The molecule has 0 spiro atoms. The summed E-state index contributed by atoms with van der Waals surface area (Å²) in [6.07, 6.45) is 3.20. The van der Waals surface area contributed by atoms with Crippen LogP contribution >= 0.6 is 0 Å². The van der Waals surface area contributed by atoms with Crippen molar-refractivity contribution in [2.75, 3.05) is 18.0 Å². The van der Waals surface area contributed by atoms with Gasteiger partial charge in [-0.2, -0.15) is 0 Å². The third-order valence-corrected chi connectivity index (χ3v) is 5.84. The SMILES string of the molecule is CC(=O)N1CCc2ccccc2C1CC(=O)N1CCCc2cc(C)ccc21. The van der Waals surface area contributed by atoms with Crippen LogP contribution in [0.1, 0.15) is 48.1 Å². The maximum Gasteiger partial charge on any atom is 0.229 e. The third kappa shape index (κ3) is 3.36. The highest BCUT2D eigenvalue weighted by atomic mass is 16.2. The second kappa shape index (κ2) is 7.18. The van der Waals surface area contributed by atoms with Crippen molar-refractivity contribution in [2.45, 2.75) is 45.6 Å². The molecule has 1 atom stereocenters. The third-order valence-electron chi connectivity index (χ3n) is 5.84. The van der Waals surface area contributed by atoms with E-state index < -0.39 is 0 Å². The summed E-state index contributed by atoms with van der Waals surface area (Å²) in [5.41, 5.74) is 5.89. The number of anilines is 1. The van der Waals surface area contributed by atoms with Crippen molar-refractivity contribution in [2.24, 2.45) is 0 Å². The Morgan fingerprint density at radius 3 is 2.67 bits per heavy atom. The molecule has 0 fully saturated rings. The normalized spacial score (nSPS) is 18.7. The molecule has 2 aromatic rings. The fourth-order valence-electron chi connectivity index (χ4n) is 4.51. The first-order valence-corrected chi connectivity index (χ1v) is 9.79. The molecule has 2 aliphatic heterocycles. The summed E-state index contributed by atoms with van der Waals surface area (Å²) in [6.45, 7) is 5.12. The Balaban J connectivity index is 1.63. The molecule has 2 heterocycles. The second-order valence-corrected chi connectivity index (χ2v) is 7.66. The minimum atomic E-state index is -0.171. The highest BCUT2D eigenvalue weighted by molar-refractivity contribution is 5.95. The molecule has 4 heteroatoms. The van der Waals surface area contributed by atoms with Crippen LogP contribution in [0.4, 0.5) is 5.69 Å². The monoisotopic (exact) mass is 362 g/mol. The Kier molecular flexibility index (Phi) is 4.73. The molecule has 2 aromatic carbocycles. The number of hydrogen-bond acceptors (Lipinski definition) is 2. The van der Waals surface area contributed by atoms with E-state index in [1.165, 1.54) is 16.7 Å². The molecule has 0 saturated heterocycles. The Bertz CT molecular complexity index is 890. The minimum absolute atomic E-state index is 0.0389. The van der Waals surface area contributed by atoms with Crippen LogP contribution in [0.2, 0.25) is 0 Å². The summed E-state index contributed by atoms with van der Waals surface area (Å²) in [5.74, 6) is 0.143. The average Bonchev–Trinajstić information content (AvgIpc) is 2.67. The van der Waals surface area contributed by atoms with Gasteiger partial charge in [-0.1, -0.05) is 42.0 Å². The summed E-state index contributed by atoms with van der Waals surface area (Å²) >= 11 is 0. The van der Waals surface area contributed by atoms with Crippen LogP contribution in [0, 0.1) is 6.92 Å². The van der Waals surface area contributed by atoms with Crippen LogP contribution in [0.15, 0.2) is 42.5 Å². The zero-order chi connectivity index (χ0) is 19.0. The lowest BCUT2D eigenvalue weighted by Crippen LogP contribution is -2.43. The molecule has 1 unspecified atom stereocenters. The van der Waals surface area contributed by atoms with Gasteiger partial charge in [0.15, 0.2) is 0 Å². The van der Waals surface area contributed by atoms with Crippen LogP contribution in [-0.4, -0.2) is 29.8 Å². The predicted octanol–water partition coefficient (Wildman–Crippen LogP) is 3.81. The first kappa shape index (κ1) is 17.8. The standard InChI is InChI=1S/C23H26N2O2/c1-16-9-10-21-19(14-16)7-5-12-25(21)23(27)15-22-20-8-4-3-6-18(20)11-13-24(22)17(2)26/h3-4,6,8-10,14,22H,5,7,11-13,15H2,1-2H3. The fraction of sp³-hybridized carbons (Fsp3) is 0.391. The van der Waals surface area contributed by atoms with Crippen LogP contribution in [0.25, 0.3) is 0 Å². The topological polar surface area (TPSA) is 40.6 Å².